The number of para-hydroxylation sites is 3. The van der Waals surface area contributed by atoms with Gasteiger partial charge in [0.25, 0.3) is 0 Å². The number of rotatable bonds is 36. The normalized spacial score (nSPS) is 25.1. The molecule has 3 saturated heterocycles. The van der Waals surface area contributed by atoms with Gasteiger partial charge < -0.3 is 89.8 Å². The Bertz CT molecular complexity index is 5240. The summed E-state index contributed by atoms with van der Waals surface area (Å²) in [5.74, 6) is -0.815. The quantitative estimate of drug-likeness (QED) is 0.0100. The smallest absolute Gasteiger partial charge is 0.459 e. The summed E-state index contributed by atoms with van der Waals surface area (Å²) in [5.41, 5.74) is 14.2. The maximum Gasteiger partial charge on any atom is 0.459 e. The Morgan fingerprint density at radius 3 is 1.13 bits per heavy atom. The number of esters is 3. The number of hydrogen-bond donors (Lipinski definition) is 12. The molecule has 4 fully saturated rings. The topological polar surface area (TPSA) is 585 Å². The third kappa shape index (κ3) is 21.8. The van der Waals surface area contributed by atoms with E-state index in [1.807, 2.05) is 45.9 Å². The van der Waals surface area contributed by atoms with Crippen LogP contribution in [-0.4, -0.2) is 195 Å². The van der Waals surface area contributed by atoms with Gasteiger partial charge in [-0.1, -0.05) is 114 Å². The highest BCUT2D eigenvalue weighted by Crippen LogP contribution is 2.52. The maximum absolute atomic E-state index is 14.0. The zero-order chi connectivity index (χ0) is 90.9. The average Bonchev–Trinajstić information content (AvgIpc) is 1.59. The van der Waals surface area contributed by atoms with E-state index < -0.39 is 151 Å². The zero-order valence-corrected chi connectivity index (χ0v) is 72.8. The maximum atomic E-state index is 14.0. The van der Waals surface area contributed by atoms with Gasteiger partial charge >= 0.3 is 41.1 Å². The van der Waals surface area contributed by atoms with Crippen LogP contribution in [0.25, 0.3) is 16.6 Å². The molecule has 6 aromatic heterocycles. The van der Waals surface area contributed by atoms with Gasteiger partial charge in [0.1, 0.15) is 126 Å². The zero-order valence-electron chi connectivity index (χ0n) is 70.1. The third-order valence-electron chi connectivity index (χ3n) is 22.0. The van der Waals surface area contributed by atoms with Gasteiger partial charge in [-0.05, 0) is 143 Å². The largest absolute Gasteiger partial charge is 0.464 e. The lowest BCUT2D eigenvalue weighted by Crippen LogP contribution is -2.41. The molecule has 43 heteroatoms. The lowest BCUT2D eigenvalue weighted by molar-refractivity contribution is -0.152. The van der Waals surface area contributed by atoms with Crippen molar-refractivity contribution in [2.24, 2.45) is 11.8 Å². The van der Waals surface area contributed by atoms with Crippen LogP contribution >= 0.6 is 23.2 Å². The van der Waals surface area contributed by atoms with Crippen molar-refractivity contribution in [3.05, 3.63) is 175 Å². The highest BCUT2D eigenvalue weighted by Gasteiger charge is 2.61. The average molecular weight is 1800 g/mol. The fourth-order valence-electron chi connectivity index (χ4n) is 14.5. The van der Waals surface area contributed by atoms with E-state index in [2.05, 4.69) is 35.5 Å². The molecule has 9 aromatic rings. The first-order chi connectivity index (χ1) is 60.3. The van der Waals surface area contributed by atoms with E-state index in [0.29, 0.717) is 27.9 Å². The molecule has 3 aliphatic heterocycles. The Morgan fingerprint density at radius 1 is 0.476 bits per heavy atom. The number of benzene rings is 3. The molecule has 676 valence electrons. The fourth-order valence-corrected chi connectivity index (χ4v) is 19.0. The van der Waals surface area contributed by atoms with E-state index in [9.17, 15) is 74.5 Å². The fraction of sp³-hybridized carbons (Fsp3) is 0.470. The minimum Gasteiger partial charge on any atom is -0.464 e. The summed E-state index contributed by atoms with van der Waals surface area (Å²) < 4.78 is 114. The molecule has 0 bridgehead atoms. The van der Waals surface area contributed by atoms with Gasteiger partial charge in [0.2, 0.25) is 16.8 Å². The minimum atomic E-state index is -4.32. The number of aromatic nitrogens is 7. The van der Waals surface area contributed by atoms with Crippen molar-refractivity contribution in [2.45, 2.75) is 202 Å². The molecule has 1 unspecified atom stereocenters. The Morgan fingerprint density at radius 2 is 0.802 bits per heavy atom. The van der Waals surface area contributed by atoms with Crippen molar-refractivity contribution in [3.8, 4) is 35.5 Å². The number of nitrogens with two attached hydrogens (primary N) is 3. The summed E-state index contributed by atoms with van der Waals surface area (Å²) in [6.45, 7) is 11.1. The van der Waals surface area contributed by atoms with E-state index in [1.54, 1.807) is 121 Å². The summed E-state index contributed by atoms with van der Waals surface area (Å²) in [4.78, 5) is 42.1. The number of nitrogen functional groups attached to an aromatic ring is 3. The number of fused-ring (bicyclic) bond motifs is 3. The van der Waals surface area contributed by atoms with Gasteiger partial charge in [-0.15, -0.1) is 0 Å². The summed E-state index contributed by atoms with van der Waals surface area (Å²) in [6, 6.07) is 39.6. The second kappa shape index (κ2) is 42.4. The molecule has 0 radical (unpaired) electrons. The first kappa shape index (κ1) is 96.1. The Balaban J connectivity index is 0.000000183. The van der Waals surface area contributed by atoms with Crippen molar-refractivity contribution < 1.29 is 114 Å². The van der Waals surface area contributed by atoms with Crippen LogP contribution in [0.5, 0.6) is 17.2 Å². The van der Waals surface area contributed by atoms with Crippen LogP contribution in [0.1, 0.15) is 123 Å². The molecule has 3 aromatic carbocycles. The molecule has 9 heterocycles. The number of aliphatic hydroxyl groups excluding tert-OH is 6. The molecule has 15 N–H and O–H groups in total. The highest BCUT2D eigenvalue weighted by molar-refractivity contribution is 7.52. The van der Waals surface area contributed by atoms with Gasteiger partial charge in [0.05, 0.1) is 72.5 Å². The van der Waals surface area contributed by atoms with E-state index in [1.165, 1.54) is 71.2 Å². The van der Waals surface area contributed by atoms with Crippen LogP contribution in [0.15, 0.2) is 158 Å². The second-order valence-corrected chi connectivity index (χ2v) is 35.6. The summed E-state index contributed by atoms with van der Waals surface area (Å²) in [7, 11) is -12.9. The van der Waals surface area contributed by atoms with Crippen molar-refractivity contribution in [2.75, 3.05) is 50.2 Å². The summed E-state index contributed by atoms with van der Waals surface area (Å²) >= 11 is 0. The van der Waals surface area contributed by atoms with Crippen molar-refractivity contribution in [3.63, 3.8) is 0 Å². The van der Waals surface area contributed by atoms with Crippen molar-refractivity contribution >= 4 is 74.9 Å². The first-order valence-electron chi connectivity index (χ1n) is 41.0. The van der Waals surface area contributed by atoms with Crippen molar-refractivity contribution in [1.29, 1.82) is 15.8 Å². The van der Waals surface area contributed by atoms with Crippen LogP contribution in [0.3, 0.4) is 0 Å². The number of aliphatic hydroxyl groups is 6. The number of carbonyl (C=O) groups excluding carboxylic acids is 3. The first-order valence-corrected chi connectivity index (χ1v) is 45.7. The van der Waals surface area contributed by atoms with Gasteiger partial charge in [0.15, 0.2) is 5.82 Å². The van der Waals surface area contributed by atoms with Crippen LogP contribution in [0.2, 0.25) is 0 Å². The number of hydrogen-bond acceptors (Lipinski definition) is 34. The van der Waals surface area contributed by atoms with E-state index in [4.69, 9.17) is 72.8 Å². The monoisotopic (exact) mass is 1800 g/mol. The van der Waals surface area contributed by atoms with E-state index in [-0.39, 0.29) is 71.3 Å². The number of nitriles is 3. The Kier molecular flexibility index (Phi) is 32.3. The molecule has 1 aliphatic carbocycles. The molecule has 13 rings (SSSR count). The number of carbonyl (C=O) groups is 3. The minimum absolute atomic E-state index is 0.0961. The van der Waals surface area contributed by atoms with Gasteiger partial charge in [-0.2, -0.15) is 46.3 Å². The summed E-state index contributed by atoms with van der Waals surface area (Å²) in [5, 5.41) is 116. The number of nitrogens with zero attached hydrogens (tertiary/aromatic N) is 10. The van der Waals surface area contributed by atoms with Crippen LogP contribution in [0.4, 0.5) is 17.2 Å². The van der Waals surface area contributed by atoms with Gasteiger partial charge in [-0.3, -0.25) is 28.0 Å². The number of ether oxygens (including phenoxy) is 6. The molecule has 18 atom stereocenters. The molecule has 0 spiro atoms. The predicted octanol–water partition coefficient (Wildman–Crippen LogP) is 8.04. The number of anilines is 3. The molecular weight excluding hydrogens is 1700 g/mol. The molecule has 1 saturated carbocycles. The molecule has 4 aliphatic rings. The molecule has 0 amide bonds. The number of nitrogens with one attached hydrogen (secondary N) is 3. The van der Waals surface area contributed by atoms with Gasteiger partial charge in [0, 0.05) is 12.4 Å². The SMILES string of the molecule is CCC(CC)COC(=O)[C@H](C)N[P@@](=O)(OC[C@H]1O[C@@](C#N)(c2ccc3c(N)ccnn23)[C@H](O)[C@@H]1O)Oc1ccccc1.CCC(CC)COC(=O)[C@H](C)N[P@](=O)(OC[C@H]1O[C@@](C#N)(c2ccc3c(N)ncnn23)[C@H](O)[C@@H]1O)Oc1ccccc1.C[C@H](NP(=O)(OC[C@H]1O[C@@](C#N)(c2ccc3c(N)ccnn23)[C@H](O)[C@@H]1O)Oc1ccccc1)C(=O)OC1CCCCC1. The van der Waals surface area contributed by atoms with Gasteiger partial charge in [-0.25, -0.2) is 32.2 Å². The molecular formula is C83H105N16O24P3. The third-order valence-corrected chi connectivity index (χ3v) is 26.9. The molecule has 126 heavy (non-hydrogen) atoms. The Labute approximate surface area is 725 Å². The van der Waals surface area contributed by atoms with E-state index in [0.717, 1.165) is 57.8 Å². The lowest BCUT2D eigenvalue weighted by atomic mass is 9.92. The second-order valence-electron chi connectivity index (χ2n) is 30.5. The Hall–Kier alpha value is -10.6. The van der Waals surface area contributed by atoms with E-state index >= 15 is 0 Å². The van der Waals surface area contributed by atoms with Crippen molar-refractivity contribution in [1.82, 2.24) is 49.1 Å². The predicted molar refractivity (Wildman–Crippen MR) is 452 cm³/mol. The lowest BCUT2D eigenvalue weighted by Gasteiger charge is -2.27. The van der Waals surface area contributed by atoms with Crippen LogP contribution < -0.4 is 46.0 Å². The molecule has 40 nitrogen and oxygen atoms in total. The standard InChI is InChI=1S/C28H34N5O8P.C28H36N5O8P.C27H35N6O8P/c1-18(27(36)39-19-8-4-2-5-9-19)32-42(37,41-20-10-6-3-7-11-20)38-16-23-25(34)26(35)28(17-29,40-23)24-13-12-22-21(30)14-15-31-33(22)24;1-4-19(5-2)15-38-27(36)18(3)32-42(37,41-20-9-7-6-8-10-20)39-16-23-25(34)26(35)28(17-29,40-23)24-12-11-22-21(30)13-14-31-33(22)24;1-4-18(5-2)13-38-26(36)17(3)32-42(37,41-19-9-7-6-8-10-19)39-14-21-23(34)24(35)27(15-28,40-21)22-12-11-20-25(29)30-16-31-33(20)22/h3,6-7,10-15,18-19,23,25-26,34-35H,2,4-5,8-9,16,30H2,1H3,(H,32,37);6-14,18-19,23,25-26,34-35H,4-5,15-16,30H2,1-3H3,(H,32,37);6-12,16-18,21,23-24,34-35H,4-5,13-14H2,1-3H3,(H,32,37)(H2,29,30,31)/t18-,23+,25+,26+,28-,42?;18-,23+,25+,26+,28-,42+;17-,21+,23+,24+,27-,42-/m000/s1. The summed E-state index contributed by atoms with van der Waals surface area (Å²) in [6.07, 6.45) is -2.27. The highest BCUT2D eigenvalue weighted by atomic mass is 31.2. The van der Waals surface area contributed by atoms with Crippen LogP contribution in [-0.2, 0) is 86.9 Å². The van der Waals surface area contributed by atoms with Crippen LogP contribution in [0, 0.1) is 45.8 Å².